The summed E-state index contributed by atoms with van der Waals surface area (Å²) >= 11 is 0. The fourth-order valence-electron chi connectivity index (χ4n) is 1.97. The summed E-state index contributed by atoms with van der Waals surface area (Å²) in [6.07, 6.45) is 8.36. The van der Waals surface area contributed by atoms with Gasteiger partial charge in [-0.25, -0.2) is 0 Å². The van der Waals surface area contributed by atoms with E-state index < -0.39 is 0 Å². The van der Waals surface area contributed by atoms with Gasteiger partial charge in [-0.3, -0.25) is 0 Å². The van der Waals surface area contributed by atoms with Crippen molar-refractivity contribution < 1.29 is 5.11 Å². The van der Waals surface area contributed by atoms with Crippen LogP contribution in [0.2, 0.25) is 0 Å². The highest BCUT2D eigenvalue weighted by Crippen LogP contribution is 2.28. The van der Waals surface area contributed by atoms with E-state index in [0.717, 1.165) is 32.5 Å². The molecule has 1 atom stereocenters. The Morgan fingerprint density at radius 3 is 3.00 bits per heavy atom. The molecule has 1 aliphatic rings. The molecule has 0 aromatic rings. The number of aliphatic hydroxyl groups is 1. The van der Waals surface area contributed by atoms with Crippen LogP contribution in [0.1, 0.15) is 26.2 Å². The maximum atomic E-state index is 9.23. The molecular formula is C11H19NO. The van der Waals surface area contributed by atoms with E-state index in [1.807, 2.05) is 0 Å². The molecule has 1 saturated heterocycles. The highest BCUT2D eigenvalue weighted by atomic mass is 16.3. The second kappa shape index (κ2) is 4.64. The van der Waals surface area contributed by atoms with Gasteiger partial charge < -0.3 is 10.0 Å². The molecule has 0 radical (unpaired) electrons. The molecule has 1 fully saturated rings. The van der Waals surface area contributed by atoms with Gasteiger partial charge in [-0.15, -0.1) is 12.3 Å². The molecule has 0 amide bonds. The van der Waals surface area contributed by atoms with Gasteiger partial charge in [-0.1, -0.05) is 6.92 Å². The minimum absolute atomic E-state index is 0.104. The third kappa shape index (κ3) is 3.02. The molecule has 0 aliphatic carbocycles. The van der Waals surface area contributed by atoms with Crippen molar-refractivity contribution in [2.45, 2.75) is 26.2 Å². The molecule has 74 valence electrons. The van der Waals surface area contributed by atoms with Gasteiger partial charge in [0.2, 0.25) is 0 Å². The van der Waals surface area contributed by atoms with Gasteiger partial charge in [-0.2, -0.15) is 0 Å². The van der Waals surface area contributed by atoms with Gasteiger partial charge in [0.15, 0.2) is 0 Å². The predicted molar refractivity (Wildman–Crippen MR) is 54.3 cm³/mol. The van der Waals surface area contributed by atoms with E-state index >= 15 is 0 Å². The topological polar surface area (TPSA) is 23.5 Å². The fourth-order valence-corrected chi connectivity index (χ4v) is 1.97. The van der Waals surface area contributed by atoms with E-state index in [1.165, 1.54) is 6.42 Å². The Morgan fingerprint density at radius 2 is 2.38 bits per heavy atom. The SMILES string of the molecule is C#CCCN1CCCC(C)(CO)C1. The Hall–Kier alpha value is -0.520. The minimum atomic E-state index is 0.104. The average molecular weight is 181 g/mol. The van der Waals surface area contributed by atoms with Gasteiger partial charge in [0.25, 0.3) is 0 Å². The van der Waals surface area contributed by atoms with Crippen LogP contribution in [0.5, 0.6) is 0 Å². The van der Waals surface area contributed by atoms with Crippen LogP contribution in [0.15, 0.2) is 0 Å². The van der Waals surface area contributed by atoms with Crippen molar-refractivity contribution in [2.24, 2.45) is 5.41 Å². The maximum absolute atomic E-state index is 9.23. The van der Waals surface area contributed by atoms with E-state index in [9.17, 15) is 5.11 Å². The first-order valence-electron chi connectivity index (χ1n) is 4.97. The van der Waals surface area contributed by atoms with Crippen LogP contribution < -0.4 is 0 Å². The molecule has 13 heavy (non-hydrogen) atoms. The maximum Gasteiger partial charge on any atom is 0.0497 e. The molecule has 1 aliphatic heterocycles. The number of nitrogens with zero attached hydrogens (tertiary/aromatic N) is 1. The minimum Gasteiger partial charge on any atom is -0.396 e. The third-order valence-electron chi connectivity index (χ3n) is 2.81. The van der Waals surface area contributed by atoms with Gasteiger partial charge in [-0.05, 0) is 19.4 Å². The predicted octanol–water partition coefficient (Wildman–Crippen LogP) is 1.10. The Morgan fingerprint density at radius 1 is 1.62 bits per heavy atom. The van der Waals surface area contributed by atoms with Crippen LogP contribution in [0, 0.1) is 17.8 Å². The first kappa shape index (κ1) is 10.6. The molecule has 0 saturated carbocycles. The Labute approximate surface area is 80.9 Å². The number of aliphatic hydroxyl groups excluding tert-OH is 1. The smallest absolute Gasteiger partial charge is 0.0497 e. The highest BCUT2D eigenvalue weighted by Gasteiger charge is 2.29. The lowest BCUT2D eigenvalue weighted by molar-refractivity contribution is 0.0478. The molecule has 0 spiro atoms. The Bertz CT molecular complexity index is 197. The fraction of sp³-hybridized carbons (Fsp3) is 0.818. The van der Waals surface area contributed by atoms with Gasteiger partial charge in [0, 0.05) is 31.5 Å². The van der Waals surface area contributed by atoms with E-state index in [4.69, 9.17) is 6.42 Å². The molecule has 0 aromatic heterocycles. The zero-order valence-electron chi connectivity index (χ0n) is 8.42. The van der Waals surface area contributed by atoms with Gasteiger partial charge >= 0.3 is 0 Å². The van der Waals surface area contributed by atoms with Crippen LogP contribution in [0.4, 0.5) is 0 Å². The molecule has 1 N–H and O–H groups in total. The zero-order valence-corrected chi connectivity index (χ0v) is 8.42. The molecule has 2 heteroatoms. The summed E-state index contributed by atoms with van der Waals surface area (Å²) < 4.78 is 0. The van der Waals surface area contributed by atoms with Crippen molar-refractivity contribution in [1.29, 1.82) is 0 Å². The standard InChI is InChI=1S/C11H19NO/c1-3-4-7-12-8-5-6-11(2,9-12)10-13/h1,13H,4-10H2,2H3. The molecule has 0 aromatic carbocycles. The summed E-state index contributed by atoms with van der Waals surface area (Å²) in [6.45, 7) is 5.54. The van der Waals surface area contributed by atoms with Crippen molar-refractivity contribution >= 4 is 0 Å². The second-order valence-corrected chi connectivity index (χ2v) is 4.30. The average Bonchev–Trinajstić information content (AvgIpc) is 2.15. The summed E-state index contributed by atoms with van der Waals surface area (Å²) in [4.78, 5) is 2.36. The summed E-state index contributed by atoms with van der Waals surface area (Å²) in [5.41, 5.74) is 0.104. The van der Waals surface area contributed by atoms with E-state index in [0.29, 0.717) is 6.61 Å². The third-order valence-corrected chi connectivity index (χ3v) is 2.81. The van der Waals surface area contributed by atoms with Crippen molar-refractivity contribution in [3.8, 4) is 12.3 Å². The van der Waals surface area contributed by atoms with Gasteiger partial charge in [0.05, 0.1) is 0 Å². The molecule has 2 nitrogen and oxygen atoms in total. The van der Waals surface area contributed by atoms with Crippen molar-refractivity contribution in [3.63, 3.8) is 0 Å². The second-order valence-electron chi connectivity index (χ2n) is 4.30. The number of likely N-dealkylation sites (tertiary alicyclic amines) is 1. The lowest BCUT2D eigenvalue weighted by Crippen LogP contribution is -2.43. The summed E-state index contributed by atoms with van der Waals surface area (Å²) in [7, 11) is 0. The van der Waals surface area contributed by atoms with Crippen LogP contribution >= 0.6 is 0 Å². The van der Waals surface area contributed by atoms with Crippen LogP contribution in [-0.4, -0.2) is 36.2 Å². The Kier molecular flexibility index (Phi) is 3.77. The van der Waals surface area contributed by atoms with E-state index in [1.54, 1.807) is 0 Å². The number of hydrogen-bond donors (Lipinski definition) is 1. The largest absolute Gasteiger partial charge is 0.396 e. The van der Waals surface area contributed by atoms with E-state index in [2.05, 4.69) is 17.7 Å². The molecule has 0 bridgehead atoms. The monoisotopic (exact) mass is 181 g/mol. The molecular weight excluding hydrogens is 162 g/mol. The Balaban J connectivity index is 2.38. The number of rotatable bonds is 3. The normalized spacial score (nSPS) is 29.9. The summed E-state index contributed by atoms with van der Waals surface area (Å²) in [5, 5.41) is 9.23. The summed E-state index contributed by atoms with van der Waals surface area (Å²) in [5.74, 6) is 2.66. The van der Waals surface area contributed by atoms with Crippen LogP contribution in [0.3, 0.4) is 0 Å². The number of piperidine rings is 1. The molecule has 1 heterocycles. The van der Waals surface area contributed by atoms with Crippen LogP contribution in [0.25, 0.3) is 0 Å². The first-order chi connectivity index (χ1) is 6.20. The van der Waals surface area contributed by atoms with E-state index in [-0.39, 0.29) is 5.41 Å². The van der Waals surface area contributed by atoms with Crippen molar-refractivity contribution in [2.75, 3.05) is 26.2 Å². The van der Waals surface area contributed by atoms with Crippen molar-refractivity contribution in [3.05, 3.63) is 0 Å². The lowest BCUT2D eigenvalue weighted by Gasteiger charge is -2.39. The molecule has 1 unspecified atom stereocenters. The van der Waals surface area contributed by atoms with Gasteiger partial charge in [0.1, 0.15) is 0 Å². The first-order valence-corrected chi connectivity index (χ1v) is 4.97. The number of terminal acetylenes is 1. The summed E-state index contributed by atoms with van der Waals surface area (Å²) in [6, 6.07) is 0. The zero-order chi connectivity index (χ0) is 9.73. The van der Waals surface area contributed by atoms with Crippen LogP contribution in [-0.2, 0) is 0 Å². The molecule has 1 rings (SSSR count). The number of hydrogen-bond acceptors (Lipinski definition) is 2. The van der Waals surface area contributed by atoms with Crippen molar-refractivity contribution in [1.82, 2.24) is 4.90 Å². The quantitative estimate of drug-likeness (QED) is 0.659. The highest BCUT2D eigenvalue weighted by molar-refractivity contribution is 4.88. The lowest BCUT2D eigenvalue weighted by atomic mass is 9.83.